The molecule has 0 aliphatic heterocycles. The minimum Gasteiger partial charge on any atom is -0.476 e. The molecule has 30 heavy (non-hydrogen) atoms. The van der Waals surface area contributed by atoms with Crippen LogP contribution in [0.5, 0.6) is 11.5 Å². The van der Waals surface area contributed by atoms with Gasteiger partial charge in [0.15, 0.2) is 11.4 Å². The molecule has 0 aliphatic rings. The highest BCUT2D eigenvalue weighted by molar-refractivity contribution is 14.1. The molecule has 3 aromatic carbocycles. The molecule has 0 radical (unpaired) electrons. The third kappa shape index (κ3) is 4.25. The van der Waals surface area contributed by atoms with E-state index in [2.05, 4.69) is 22.6 Å². The molecule has 0 bridgehead atoms. The van der Waals surface area contributed by atoms with E-state index in [1.807, 2.05) is 12.1 Å². The number of aromatic nitrogens is 1. The Balaban J connectivity index is 1.90. The Morgan fingerprint density at radius 2 is 1.70 bits per heavy atom. The van der Waals surface area contributed by atoms with E-state index in [9.17, 15) is 9.90 Å². The predicted molar refractivity (Wildman–Crippen MR) is 129 cm³/mol. The largest absolute Gasteiger partial charge is 0.476 e. The highest BCUT2D eigenvalue weighted by Crippen LogP contribution is 2.39. The maximum Gasteiger partial charge on any atom is 0.356 e. The van der Waals surface area contributed by atoms with Gasteiger partial charge in [0.05, 0.1) is 15.6 Å². The first-order chi connectivity index (χ1) is 14.3. The molecule has 0 atom stereocenters. The lowest BCUT2D eigenvalue weighted by atomic mass is 10.2. The number of benzene rings is 3. The van der Waals surface area contributed by atoms with Crippen molar-refractivity contribution in [1.29, 1.82) is 0 Å². The molecule has 0 spiro atoms. The van der Waals surface area contributed by atoms with Gasteiger partial charge in [0.1, 0.15) is 5.75 Å². The van der Waals surface area contributed by atoms with Crippen LogP contribution in [-0.4, -0.2) is 15.6 Å². The van der Waals surface area contributed by atoms with Crippen molar-refractivity contribution in [2.75, 3.05) is 0 Å². The number of halogens is 4. The van der Waals surface area contributed by atoms with Crippen LogP contribution < -0.4 is 4.74 Å². The number of carboxylic acid groups (broad SMARTS) is 1. The summed E-state index contributed by atoms with van der Waals surface area (Å²) in [6.07, 6.45) is 0. The van der Waals surface area contributed by atoms with Gasteiger partial charge in [0, 0.05) is 20.5 Å². The summed E-state index contributed by atoms with van der Waals surface area (Å²) in [6, 6.07) is 17.8. The van der Waals surface area contributed by atoms with Crippen molar-refractivity contribution in [3.05, 3.63) is 90.6 Å². The van der Waals surface area contributed by atoms with Gasteiger partial charge in [-0.3, -0.25) is 0 Å². The van der Waals surface area contributed by atoms with Crippen molar-refractivity contribution in [2.24, 2.45) is 0 Å². The maximum absolute atomic E-state index is 12.3. The molecule has 0 unspecified atom stereocenters. The molecule has 8 heteroatoms. The van der Waals surface area contributed by atoms with Crippen LogP contribution in [0.4, 0.5) is 0 Å². The summed E-state index contributed by atoms with van der Waals surface area (Å²) in [4.78, 5) is 12.3. The number of hydrogen-bond donors (Lipinski definition) is 1. The highest BCUT2D eigenvalue weighted by atomic mass is 127. The summed E-state index contributed by atoms with van der Waals surface area (Å²) in [5.41, 5.74) is 1.51. The van der Waals surface area contributed by atoms with Crippen LogP contribution in [-0.2, 0) is 6.54 Å². The molecule has 4 nitrogen and oxygen atoms in total. The quantitative estimate of drug-likeness (QED) is 0.249. The summed E-state index contributed by atoms with van der Waals surface area (Å²) < 4.78 is 8.77. The zero-order valence-corrected chi connectivity index (χ0v) is 19.6. The van der Waals surface area contributed by atoms with Gasteiger partial charge in [-0.05, 0) is 82.8 Å². The van der Waals surface area contributed by atoms with Crippen molar-refractivity contribution in [2.45, 2.75) is 6.54 Å². The number of carboxylic acids is 1. The van der Waals surface area contributed by atoms with Crippen LogP contribution in [0.15, 0.2) is 60.7 Å². The maximum atomic E-state index is 12.3. The zero-order chi connectivity index (χ0) is 21.4. The normalized spacial score (nSPS) is 11.1. The second-order valence-corrected chi connectivity index (χ2v) is 9.03. The molecule has 0 saturated carbocycles. The molecule has 0 amide bonds. The zero-order valence-electron chi connectivity index (χ0n) is 15.2. The lowest BCUT2D eigenvalue weighted by Gasteiger charge is -2.10. The van der Waals surface area contributed by atoms with E-state index < -0.39 is 5.97 Å². The topological polar surface area (TPSA) is 51.5 Å². The summed E-state index contributed by atoms with van der Waals surface area (Å²) >= 11 is 20.6. The summed E-state index contributed by atoms with van der Waals surface area (Å²) in [6.45, 7) is 0.271. The summed E-state index contributed by atoms with van der Waals surface area (Å²) in [5, 5.41) is 12.0. The number of rotatable bonds is 5. The first-order valence-corrected chi connectivity index (χ1v) is 11.0. The first-order valence-electron chi connectivity index (χ1n) is 8.76. The van der Waals surface area contributed by atoms with Crippen LogP contribution in [0, 0.1) is 3.57 Å². The molecule has 4 rings (SSSR count). The van der Waals surface area contributed by atoms with Crippen molar-refractivity contribution < 1.29 is 14.6 Å². The van der Waals surface area contributed by atoms with Crippen LogP contribution in [0.25, 0.3) is 10.9 Å². The van der Waals surface area contributed by atoms with Gasteiger partial charge >= 0.3 is 5.97 Å². The third-order valence-corrected chi connectivity index (χ3v) is 6.23. The monoisotopic (exact) mass is 571 g/mol. The fourth-order valence-electron chi connectivity index (χ4n) is 3.22. The number of fused-ring (bicyclic) bond motifs is 1. The van der Waals surface area contributed by atoms with Crippen LogP contribution in [0.3, 0.4) is 0 Å². The third-order valence-electron chi connectivity index (χ3n) is 4.54. The van der Waals surface area contributed by atoms with Crippen molar-refractivity contribution >= 4 is 74.3 Å². The Labute approximate surface area is 201 Å². The highest BCUT2D eigenvalue weighted by Gasteiger charge is 2.25. The van der Waals surface area contributed by atoms with E-state index in [-0.39, 0.29) is 18.0 Å². The van der Waals surface area contributed by atoms with Gasteiger partial charge in [0.25, 0.3) is 0 Å². The molecule has 1 aromatic heterocycles. The minimum absolute atomic E-state index is 0.0249. The van der Waals surface area contributed by atoms with Gasteiger partial charge < -0.3 is 14.4 Å². The molecular formula is C22H13Cl3INO3. The molecule has 0 saturated heterocycles. The number of ether oxygens (including phenoxy) is 1. The Hall–Kier alpha value is -1.93. The number of aromatic carboxylic acids is 1. The Morgan fingerprint density at radius 1 is 0.967 bits per heavy atom. The molecule has 1 heterocycles. The van der Waals surface area contributed by atoms with Crippen LogP contribution in [0.2, 0.25) is 15.1 Å². The van der Waals surface area contributed by atoms with Gasteiger partial charge in [-0.2, -0.15) is 0 Å². The molecule has 1 N–H and O–H groups in total. The number of nitrogens with zero attached hydrogens (tertiary/aromatic N) is 1. The Morgan fingerprint density at radius 3 is 2.37 bits per heavy atom. The lowest BCUT2D eigenvalue weighted by molar-refractivity contribution is 0.0683. The van der Waals surface area contributed by atoms with Gasteiger partial charge in [-0.15, -0.1) is 0 Å². The summed E-state index contributed by atoms with van der Waals surface area (Å²) in [5.74, 6) is -0.337. The smallest absolute Gasteiger partial charge is 0.356 e. The fourth-order valence-corrected chi connectivity index (χ4v) is 4.07. The van der Waals surface area contributed by atoms with E-state index in [0.29, 0.717) is 31.7 Å². The molecule has 0 fully saturated rings. The fraction of sp³-hybridized carbons (Fsp3) is 0.0455. The Kier molecular flexibility index (Phi) is 6.16. The summed E-state index contributed by atoms with van der Waals surface area (Å²) in [7, 11) is 0. The van der Waals surface area contributed by atoms with E-state index in [0.717, 1.165) is 9.13 Å². The minimum atomic E-state index is -1.11. The number of carbonyl (C=O) groups is 1. The van der Waals surface area contributed by atoms with E-state index in [1.165, 1.54) is 0 Å². The molecular weight excluding hydrogens is 560 g/mol. The second kappa shape index (κ2) is 8.67. The predicted octanol–water partition coefficient (Wildman–Crippen LogP) is 7.74. The molecule has 0 aliphatic carbocycles. The van der Waals surface area contributed by atoms with Gasteiger partial charge in [-0.25, -0.2) is 4.79 Å². The SMILES string of the molecule is O=C(O)c1c(Oc2ccc(I)cc2)c2cc(Cl)ccc2n1Cc1ccc(Cl)c(Cl)c1. The second-order valence-electron chi connectivity index (χ2n) is 6.53. The van der Waals surface area contributed by atoms with Crippen molar-refractivity contribution in [3.8, 4) is 11.5 Å². The van der Waals surface area contributed by atoms with Crippen LogP contribution in [0.1, 0.15) is 16.1 Å². The standard InChI is InChI=1S/C22H13Cl3INO3/c23-13-2-8-19-16(10-13)21(30-15-5-3-14(26)4-6-15)20(22(28)29)27(19)11-12-1-7-17(24)18(25)9-12/h1-10H,11H2,(H,28,29). The van der Waals surface area contributed by atoms with E-state index in [1.54, 1.807) is 53.1 Å². The first kappa shape index (κ1) is 21.3. The van der Waals surface area contributed by atoms with Gasteiger partial charge in [0.2, 0.25) is 0 Å². The van der Waals surface area contributed by atoms with E-state index in [4.69, 9.17) is 39.5 Å². The number of hydrogen-bond acceptors (Lipinski definition) is 2. The molecule has 152 valence electrons. The Bertz CT molecular complexity index is 1270. The molecule has 4 aromatic rings. The average Bonchev–Trinajstić information content (AvgIpc) is 2.99. The van der Waals surface area contributed by atoms with Crippen molar-refractivity contribution in [1.82, 2.24) is 4.57 Å². The van der Waals surface area contributed by atoms with Gasteiger partial charge in [-0.1, -0.05) is 40.9 Å². The van der Waals surface area contributed by atoms with E-state index >= 15 is 0 Å². The van der Waals surface area contributed by atoms with Crippen LogP contribution >= 0.6 is 57.4 Å². The average molecular weight is 573 g/mol. The van der Waals surface area contributed by atoms with Crippen molar-refractivity contribution in [3.63, 3.8) is 0 Å². The lowest BCUT2D eigenvalue weighted by Crippen LogP contribution is -2.10.